The molecule has 7 heteroatoms. The minimum Gasteiger partial charge on any atom is -0.478 e. The van der Waals surface area contributed by atoms with Crippen molar-refractivity contribution in [1.82, 2.24) is 10.6 Å². The molecule has 0 bridgehead atoms. The van der Waals surface area contributed by atoms with Crippen LogP contribution >= 0.6 is 0 Å². The van der Waals surface area contributed by atoms with Crippen molar-refractivity contribution < 1.29 is 19.5 Å². The first-order valence-electron chi connectivity index (χ1n) is 5.62. The first-order valence-corrected chi connectivity index (χ1v) is 5.62. The van der Waals surface area contributed by atoms with Crippen molar-refractivity contribution in [3.8, 4) is 0 Å². The van der Waals surface area contributed by atoms with Crippen LogP contribution < -0.4 is 16.0 Å². The fraction of sp³-hybridized carbons (Fsp3) is 0.250. The zero-order valence-electron chi connectivity index (χ0n) is 10.4. The van der Waals surface area contributed by atoms with Gasteiger partial charge in [0.2, 0.25) is 5.91 Å². The van der Waals surface area contributed by atoms with Crippen LogP contribution in [0.2, 0.25) is 0 Å². The normalized spacial score (nSPS) is 9.53. The Balaban J connectivity index is 2.48. The highest BCUT2D eigenvalue weighted by molar-refractivity contribution is 5.99. The van der Waals surface area contributed by atoms with E-state index >= 15 is 0 Å². The van der Waals surface area contributed by atoms with E-state index in [0.717, 1.165) is 0 Å². The lowest BCUT2D eigenvalue weighted by Crippen LogP contribution is -2.36. The van der Waals surface area contributed by atoms with Gasteiger partial charge in [0.05, 0.1) is 11.3 Å². The smallest absolute Gasteiger partial charge is 0.337 e. The average molecular weight is 265 g/mol. The number of carboxylic acid groups (broad SMARTS) is 1. The Morgan fingerprint density at radius 3 is 2.37 bits per heavy atom. The molecule has 0 aliphatic heterocycles. The largest absolute Gasteiger partial charge is 0.478 e. The van der Waals surface area contributed by atoms with Crippen LogP contribution in [0.25, 0.3) is 0 Å². The van der Waals surface area contributed by atoms with E-state index in [0.29, 0.717) is 6.54 Å². The summed E-state index contributed by atoms with van der Waals surface area (Å²) in [5.41, 5.74) is 0.228. The van der Waals surface area contributed by atoms with Crippen molar-refractivity contribution in [2.24, 2.45) is 0 Å². The van der Waals surface area contributed by atoms with Crippen LogP contribution in [0, 0.1) is 0 Å². The SMILES string of the molecule is CC(=O)NCCNC(=O)Nc1ccccc1C(=O)O. The number of nitrogens with one attached hydrogen (secondary N) is 3. The Morgan fingerprint density at radius 2 is 1.74 bits per heavy atom. The van der Waals surface area contributed by atoms with E-state index in [4.69, 9.17) is 5.11 Å². The van der Waals surface area contributed by atoms with Gasteiger partial charge in [-0.2, -0.15) is 0 Å². The van der Waals surface area contributed by atoms with Crippen molar-refractivity contribution in [3.63, 3.8) is 0 Å². The minimum absolute atomic E-state index is 0.0134. The van der Waals surface area contributed by atoms with Crippen molar-refractivity contribution in [2.75, 3.05) is 18.4 Å². The van der Waals surface area contributed by atoms with E-state index in [1.54, 1.807) is 12.1 Å². The molecular formula is C12H15N3O4. The van der Waals surface area contributed by atoms with Gasteiger partial charge in [0, 0.05) is 20.0 Å². The highest BCUT2D eigenvalue weighted by atomic mass is 16.4. The van der Waals surface area contributed by atoms with Gasteiger partial charge in [0.15, 0.2) is 0 Å². The third-order valence-corrected chi connectivity index (χ3v) is 2.19. The van der Waals surface area contributed by atoms with Gasteiger partial charge in [0.25, 0.3) is 0 Å². The maximum Gasteiger partial charge on any atom is 0.337 e. The molecule has 102 valence electrons. The second-order valence-corrected chi connectivity index (χ2v) is 3.71. The van der Waals surface area contributed by atoms with Gasteiger partial charge in [-0.3, -0.25) is 4.79 Å². The Morgan fingerprint density at radius 1 is 1.11 bits per heavy atom. The van der Waals surface area contributed by atoms with Crippen molar-refractivity contribution in [1.29, 1.82) is 0 Å². The van der Waals surface area contributed by atoms with Crippen LogP contribution in [-0.2, 0) is 4.79 Å². The summed E-state index contributed by atoms with van der Waals surface area (Å²) in [6, 6.07) is 5.56. The van der Waals surface area contributed by atoms with Gasteiger partial charge in [-0.05, 0) is 12.1 Å². The van der Waals surface area contributed by atoms with Gasteiger partial charge >= 0.3 is 12.0 Å². The molecular weight excluding hydrogens is 250 g/mol. The summed E-state index contributed by atoms with van der Waals surface area (Å²) in [5.74, 6) is -1.30. The van der Waals surface area contributed by atoms with Crippen LogP contribution in [0.3, 0.4) is 0 Å². The molecule has 0 aliphatic rings. The molecule has 7 nitrogen and oxygen atoms in total. The Labute approximate surface area is 110 Å². The number of carboxylic acids is 1. The molecule has 0 fully saturated rings. The lowest BCUT2D eigenvalue weighted by molar-refractivity contribution is -0.118. The van der Waals surface area contributed by atoms with Crippen LogP contribution in [0.1, 0.15) is 17.3 Å². The number of aromatic carboxylic acids is 1. The maximum atomic E-state index is 11.5. The van der Waals surface area contributed by atoms with E-state index in [2.05, 4.69) is 16.0 Å². The number of carbonyl (C=O) groups excluding carboxylic acids is 2. The Bertz CT molecular complexity index is 488. The minimum atomic E-state index is -1.12. The fourth-order valence-corrected chi connectivity index (χ4v) is 1.36. The lowest BCUT2D eigenvalue weighted by Gasteiger charge is -2.09. The zero-order chi connectivity index (χ0) is 14.3. The predicted octanol–water partition coefficient (Wildman–Crippen LogP) is 0.642. The lowest BCUT2D eigenvalue weighted by atomic mass is 10.2. The molecule has 4 N–H and O–H groups in total. The van der Waals surface area contributed by atoms with Crippen molar-refractivity contribution in [3.05, 3.63) is 29.8 Å². The molecule has 0 aliphatic carbocycles. The molecule has 3 amide bonds. The Hall–Kier alpha value is -2.57. The summed E-state index contributed by atoms with van der Waals surface area (Å²) >= 11 is 0. The molecule has 0 saturated carbocycles. The van der Waals surface area contributed by atoms with Crippen LogP contribution in [-0.4, -0.2) is 36.1 Å². The summed E-state index contributed by atoms with van der Waals surface area (Å²) in [4.78, 5) is 33.0. The van der Waals surface area contributed by atoms with E-state index < -0.39 is 12.0 Å². The molecule has 0 radical (unpaired) electrons. The highest BCUT2D eigenvalue weighted by Gasteiger charge is 2.10. The standard InChI is InChI=1S/C12H15N3O4/c1-8(16)13-6-7-14-12(19)15-10-5-3-2-4-9(10)11(17)18/h2-5H,6-7H2,1H3,(H,13,16)(H,17,18)(H2,14,15,19). The van der Waals surface area contributed by atoms with Crippen LogP contribution in [0.15, 0.2) is 24.3 Å². The third-order valence-electron chi connectivity index (χ3n) is 2.19. The first-order chi connectivity index (χ1) is 9.00. The quantitative estimate of drug-likeness (QED) is 0.586. The molecule has 0 aromatic heterocycles. The second-order valence-electron chi connectivity index (χ2n) is 3.71. The number of rotatable bonds is 5. The average Bonchev–Trinajstić information content (AvgIpc) is 2.35. The number of para-hydroxylation sites is 1. The zero-order valence-corrected chi connectivity index (χ0v) is 10.4. The number of anilines is 1. The van der Waals surface area contributed by atoms with Crippen LogP contribution in [0.5, 0.6) is 0 Å². The van der Waals surface area contributed by atoms with E-state index in [-0.39, 0.29) is 23.7 Å². The number of benzene rings is 1. The molecule has 0 saturated heterocycles. The summed E-state index contributed by atoms with van der Waals surface area (Å²) < 4.78 is 0. The monoisotopic (exact) mass is 265 g/mol. The number of urea groups is 1. The number of hydrogen-bond acceptors (Lipinski definition) is 3. The fourth-order valence-electron chi connectivity index (χ4n) is 1.36. The van der Waals surface area contributed by atoms with E-state index in [1.807, 2.05) is 0 Å². The Kier molecular flexibility index (Phi) is 5.34. The van der Waals surface area contributed by atoms with Crippen molar-refractivity contribution >= 4 is 23.6 Å². The van der Waals surface area contributed by atoms with E-state index in [9.17, 15) is 14.4 Å². The summed E-state index contributed by atoms with van der Waals surface area (Å²) in [5, 5.41) is 16.4. The first kappa shape index (κ1) is 14.5. The summed E-state index contributed by atoms with van der Waals surface area (Å²) in [6.07, 6.45) is 0. The van der Waals surface area contributed by atoms with Gasteiger partial charge in [-0.25, -0.2) is 9.59 Å². The second kappa shape index (κ2) is 7.00. The molecule has 1 aromatic carbocycles. The van der Waals surface area contributed by atoms with Crippen molar-refractivity contribution in [2.45, 2.75) is 6.92 Å². The van der Waals surface area contributed by atoms with Crippen LogP contribution in [0.4, 0.5) is 10.5 Å². The number of carbonyl (C=O) groups is 3. The van der Waals surface area contributed by atoms with Gasteiger partial charge in [0.1, 0.15) is 0 Å². The van der Waals surface area contributed by atoms with Gasteiger partial charge in [-0.1, -0.05) is 12.1 Å². The molecule has 0 heterocycles. The van der Waals surface area contributed by atoms with Gasteiger partial charge in [-0.15, -0.1) is 0 Å². The molecule has 1 aromatic rings. The third kappa shape index (κ3) is 5.07. The summed E-state index contributed by atoms with van der Waals surface area (Å²) in [7, 11) is 0. The molecule has 19 heavy (non-hydrogen) atoms. The maximum absolute atomic E-state index is 11.5. The molecule has 0 atom stereocenters. The highest BCUT2D eigenvalue weighted by Crippen LogP contribution is 2.14. The number of hydrogen-bond donors (Lipinski definition) is 4. The topological polar surface area (TPSA) is 108 Å². The molecule has 0 spiro atoms. The molecule has 1 rings (SSSR count). The number of amides is 3. The van der Waals surface area contributed by atoms with Gasteiger partial charge < -0.3 is 21.1 Å². The summed E-state index contributed by atoms with van der Waals surface area (Å²) in [6.45, 7) is 1.94. The van der Waals surface area contributed by atoms with E-state index in [1.165, 1.54) is 19.1 Å². The molecule has 0 unspecified atom stereocenters. The predicted molar refractivity (Wildman–Crippen MR) is 69.1 cm³/mol.